The summed E-state index contributed by atoms with van der Waals surface area (Å²) >= 11 is 0. The van der Waals surface area contributed by atoms with Gasteiger partial charge in [-0.2, -0.15) is 0 Å². The largest absolute Gasteiger partial charge is 0.311 e. The minimum atomic E-state index is -0.423. The Labute approximate surface area is 408 Å². The Kier molecular flexibility index (Phi) is 8.98. The lowest BCUT2D eigenvalue weighted by Crippen LogP contribution is -2.61. The van der Waals surface area contributed by atoms with Gasteiger partial charge >= 0.3 is 0 Å². The average Bonchev–Trinajstić information content (AvgIpc) is 3.43. The molecule has 2 aliphatic heterocycles. The Balaban J connectivity index is 1.21. The van der Waals surface area contributed by atoms with E-state index in [0.29, 0.717) is 5.56 Å². The molecule has 2 aliphatic rings. The number of hydrogen-bond donors (Lipinski definition) is 0. The monoisotopic (exact) mass is 875 g/mol. The van der Waals surface area contributed by atoms with E-state index in [2.05, 4.69) is 231 Å². The van der Waals surface area contributed by atoms with Crippen molar-refractivity contribution in [3.05, 3.63) is 248 Å². The predicted octanol–water partition coefficient (Wildman–Crippen LogP) is 15.7. The molecular formula is C65H51BN2. The van der Waals surface area contributed by atoms with E-state index in [1.807, 2.05) is 12.1 Å². The first-order valence-corrected chi connectivity index (χ1v) is 23.5. The van der Waals surface area contributed by atoms with Crippen molar-refractivity contribution in [2.24, 2.45) is 5.41 Å². The van der Waals surface area contributed by atoms with E-state index in [-0.39, 0.29) is 41.9 Å². The van der Waals surface area contributed by atoms with Crippen LogP contribution >= 0.6 is 0 Å². The molecule has 0 amide bonds. The van der Waals surface area contributed by atoms with E-state index in [0.717, 1.165) is 95.9 Å². The summed E-state index contributed by atoms with van der Waals surface area (Å²) in [7, 11) is 0. The lowest BCUT2D eigenvalue weighted by molar-refractivity contribution is 0.412. The van der Waals surface area contributed by atoms with Gasteiger partial charge in [-0.15, -0.1) is 0 Å². The molecule has 0 aliphatic carbocycles. The van der Waals surface area contributed by atoms with Gasteiger partial charge in [0.05, 0.1) is 12.5 Å². The molecule has 0 atom stereocenters. The fourth-order valence-corrected chi connectivity index (χ4v) is 10.6. The fourth-order valence-electron chi connectivity index (χ4n) is 10.6. The van der Waals surface area contributed by atoms with Gasteiger partial charge in [0.2, 0.25) is 0 Å². The molecule has 0 aromatic heterocycles. The maximum Gasteiger partial charge on any atom is 0.252 e. The van der Waals surface area contributed by atoms with Crippen LogP contribution in [0.1, 0.15) is 33.2 Å². The Morgan fingerprint density at radius 3 is 1.54 bits per heavy atom. The molecule has 0 saturated carbocycles. The average molecular weight is 876 g/mol. The molecule has 0 bridgehead atoms. The second kappa shape index (κ2) is 16.9. The molecule has 0 N–H and O–H groups in total. The number of para-hydroxylation sites is 1. The Hall–Kier alpha value is -8.14. The molecule has 10 aromatic rings. The molecule has 68 heavy (non-hydrogen) atoms. The first-order chi connectivity index (χ1) is 35.4. The second-order valence-electron chi connectivity index (χ2n) is 19.1. The van der Waals surface area contributed by atoms with Crippen molar-refractivity contribution in [1.29, 1.82) is 0 Å². The first kappa shape index (κ1) is 36.0. The number of nitrogens with zero attached hydrogens (tertiary/aromatic N) is 2. The van der Waals surface area contributed by atoms with E-state index < -0.39 is 6.04 Å². The van der Waals surface area contributed by atoms with Crippen LogP contribution < -0.4 is 26.2 Å². The molecule has 0 fully saturated rings. The zero-order chi connectivity index (χ0) is 50.1. The minimum absolute atomic E-state index is 0.0640. The highest BCUT2D eigenvalue weighted by Gasteiger charge is 2.44. The van der Waals surface area contributed by atoms with Gasteiger partial charge in [0, 0.05) is 34.0 Å². The number of anilines is 6. The van der Waals surface area contributed by atoms with Gasteiger partial charge < -0.3 is 9.80 Å². The maximum absolute atomic E-state index is 9.39. The lowest BCUT2D eigenvalue weighted by atomic mass is 9.33. The normalized spacial score (nSPS) is 13.6. The number of fused-ring (bicyclic) bond motifs is 4. The maximum atomic E-state index is 9.39. The third-order valence-corrected chi connectivity index (χ3v) is 13.5. The summed E-state index contributed by atoms with van der Waals surface area (Å²) < 4.78 is 45.2. The number of rotatable bonds is 8. The molecular weight excluding hydrogens is 820 g/mol. The zero-order valence-electron chi connectivity index (χ0n) is 43.4. The van der Waals surface area contributed by atoms with Gasteiger partial charge in [-0.05, 0) is 126 Å². The molecule has 3 heteroatoms. The van der Waals surface area contributed by atoms with Gasteiger partial charge in [0.15, 0.2) is 0 Å². The van der Waals surface area contributed by atoms with Crippen molar-refractivity contribution in [1.82, 2.24) is 0 Å². The van der Waals surface area contributed by atoms with Crippen LogP contribution in [0.3, 0.4) is 0 Å². The highest BCUT2D eigenvalue weighted by molar-refractivity contribution is 7.00. The highest BCUT2D eigenvalue weighted by Crippen LogP contribution is 2.49. The Morgan fingerprint density at radius 1 is 0.382 bits per heavy atom. The van der Waals surface area contributed by atoms with Crippen LogP contribution in [0, 0.1) is 5.41 Å². The van der Waals surface area contributed by atoms with Crippen molar-refractivity contribution in [2.45, 2.75) is 27.2 Å². The van der Waals surface area contributed by atoms with E-state index in [1.54, 1.807) is 0 Å². The Morgan fingerprint density at radius 2 is 0.882 bits per heavy atom. The van der Waals surface area contributed by atoms with Crippen LogP contribution in [0.5, 0.6) is 0 Å². The molecule has 10 aromatic carbocycles. The molecule has 0 unspecified atom stereocenters. The molecule has 0 spiro atoms. The Bertz CT molecular complexity index is 3730. The van der Waals surface area contributed by atoms with Crippen LogP contribution in [0.15, 0.2) is 243 Å². The quantitative estimate of drug-likeness (QED) is 0.140. The summed E-state index contributed by atoms with van der Waals surface area (Å²) in [5.74, 6) is 0. The van der Waals surface area contributed by atoms with Gasteiger partial charge in [0.1, 0.15) is 0 Å². The molecule has 12 rings (SSSR count). The number of benzene rings is 10. The third kappa shape index (κ3) is 7.41. The molecule has 0 saturated heterocycles. The molecule has 2 nitrogen and oxygen atoms in total. The summed E-state index contributed by atoms with van der Waals surface area (Å²) in [5, 5.41) is 0. The standard InChI is InChI=1S/C65H51BN2/c1-65(2,3)44-52-28-16-17-29-55(52)51-35-39-60-58(41-51)66-57-40-50(46-22-10-5-11-23-46)34-38-61(57)68(59-31-19-18-30-56(59)49-26-14-7-15-27-49)63-43-53(47-24-12-6-13-25-47)42-62(64(63)66)67(60)54-36-32-48(33-37-54)45-20-8-4-9-21-45/h4-43H,44H2,1-3H3/i6D,12D,13D,24D,25D. The second-order valence-corrected chi connectivity index (χ2v) is 19.1. The zero-order valence-corrected chi connectivity index (χ0v) is 38.4. The van der Waals surface area contributed by atoms with E-state index >= 15 is 0 Å². The summed E-state index contributed by atoms with van der Waals surface area (Å²) in [6.07, 6.45) is 0.912. The predicted molar refractivity (Wildman–Crippen MR) is 291 cm³/mol. The highest BCUT2D eigenvalue weighted by atomic mass is 15.2. The molecule has 0 radical (unpaired) electrons. The molecule has 324 valence electrons. The van der Waals surface area contributed by atoms with E-state index in [4.69, 9.17) is 4.11 Å². The van der Waals surface area contributed by atoms with Crippen LogP contribution in [0.25, 0.3) is 55.6 Å². The van der Waals surface area contributed by atoms with Gasteiger partial charge in [-0.1, -0.05) is 221 Å². The van der Waals surface area contributed by atoms with Crippen molar-refractivity contribution < 1.29 is 6.85 Å². The summed E-state index contributed by atoms with van der Waals surface area (Å²) in [4.78, 5) is 4.68. The summed E-state index contributed by atoms with van der Waals surface area (Å²) in [6, 6.07) is 73.6. The van der Waals surface area contributed by atoms with Crippen molar-refractivity contribution in [3.8, 4) is 55.6 Å². The van der Waals surface area contributed by atoms with Crippen molar-refractivity contribution >= 4 is 57.2 Å². The number of hydrogen-bond acceptors (Lipinski definition) is 2. The van der Waals surface area contributed by atoms with Crippen molar-refractivity contribution in [3.63, 3.8) is 0 Å². The van der Waals surface area contributed by atoms with E-state index in [1.165, 1.54) is 11.1 Å². The van der Waals surface area contributed by atoms with Crippen LogP contribution in [-0.4, -0.2) is 6.71 Å². The lowest BCUT2D eigenvalue weighted by Gasteiger charge is -2.45. The van der Waals surface area contributed by atoms with Gasteiger partial charge in [-0.3, -0.25) is 0 Å². The van der Waals surface area contributed by atoms with Gasteiger partial charge in [-0.25, -0.2) is 0 Å². The van der Waals surface area contributed by atoms with Crippen LogP contribution in [-0.2, 0) is 6.42 Å². The summed E-state index contributed by atoms with van der Waals surface area (Å²) in [5.41, 5.74) is 19.8. The van der Waals surface area contributed by atoms with Crippen LogP contribution in [0.4, 0.5) is 34.1 Å². The third-order valence-electron chi connectivity index (χ3n) is 13.5. The van der Waals surface area contributed by atoms with Gasteiger partial charge in [0.25, 0.3) is 6.71 Å². The summed E-state index contributed by atoms with van der Waals surface area (Å²) in [6.45, 7) is 6.58. The topological polar surface area (TPSA) is 6.48 Å². The smallest absolute Gasteiger partial charge is 0.252 e. The minimum Gasteiger partial charge on any atom is -0.311 e. The van der Waals surface area contributed by atoms with Crippen LogP contribution in [0.2, 0.25) is 0 Å². The fraction of sp³-hybridized carbons (Fsp3) is 0.0769. The van der Waals surface area contributed by atoms with E-state index in [9.17, 15) is 2.74 Å². The molecule has 2 heterocycles. The SMILES string of the molecule is [2H]c1c([2H])c([2H])c(-c2cc3c4c(c2)N(c2ccccc2-c2ccccc2)c2ccc(-c5ccccc5)cc2B4c2cc(-c4ccccc4CC(C)(C)C)ccc2N3c2ccc(-c3ccccc3)cc2)c([2H])c1[2H]. The first-order valence-electron chi connectivity index (χ1n) is 26.0. The van der Waals surface area contributed by atoms with Crippen molar-refractivity contribution in [2.75, 3.05) is 9.80 Å².